The normalized spacial score (nSPS) is 16.7. The van der Waals surface area contributed by atoms with Crippen molar-refractivity contribution in [2.45, 2.75) is 18.4 Å². The Balaban J connectivity index is 0.00000156. The first-order valence-corrected chi connectivity index (χ1v) is 7.34. The van der Waals surface area contributed by atoms with Gasteiger partial charge >= 0.3 is 0 Å². The van der Waals surface area contributed by atoms with E-state index in [4.69, 9.17) is 4.52 Å². The van der Waals surface area contributed by atoms with E-state index in [0.29, 0.717) is 11.7 Å². The minimum absolute atomic E-state index is 0. The van der Waals surface area contributed by atoms with Crippen molar-refractivity contribution in [1.29, 1.82) is 0 Å². The summed E-state index contributed by atoms with van der Waals surface area (Å²) in [7, 11) is 0. The Morgan fingerprint density at radius 1 is 1.17 bits per heavy atom. The maximum Gasteiger partial charge on any atom is 0.255 e. The van der Waals surface area contributed by atoms with Gasteiger partial charge in [0.25, 0.3) is 5.89 Å². The second kappa shape index (κ2) is 6.47. The van der Waals surface area contributed by atoms with E-state index in [9.17, 15) is 0 Å². The molecule has 0 amide bonds. The van der Waals surface area contributed by atoms with Crippen molar-refractivity contribution < 1.29 is 4.52 Å². The first-order chi connectivity index (χ1) is 10.9. The summed E-state index contributed by atoms with van der Waals surface area (Å²) in [4.78, 5) is 8.73. The van der Waals surface area contributed by atoms with Crippen LogP contribution in [0.4, 0.5) is 0 Å². The summed E-state index contributed by atoms with van der Waals surface area (Å²) < 4.78 is 7.55. The monoisotopic (exact) mass is 332 g/mol. The van der Waals surface area contributed by atoms with Crippen LogP contribution in [-0.2, 0) is 5.54 Å². The van der Waals surface area contributed by atoms with Crippen LogP contribution in [0.1, 0.15) is 18.7 Å². The van der Waals surface area contributed by atoms with Gasteiger partial charge in [-0.15, -0.1) is 12.4 Å². The molecule has 0 atom stereocenters. The molecule has 3 aromatic rings. The largest absolute Gasteiger partial charge is 0.336 e. The van der Waals surface area contributed by atoms with Crippen molar-refractivity contribution in [3.8, 4) is 11.4 Å². The molecule has 8 heteroatoms. The Labute approximate surface area is 139 Å². The molecule has 1 fully saturated rings. The first-order valence-electron chi connectivity index (χ1n) is 7.34. The van der Waals surface area contributed by atoms with Gasteiger partial charge in [0.2, 0.25) is 5.82 Å². The summed E-state index contributed by atoms with van der Waals surface area (Å²) in [6, 6.07) is 5.70. The van der Waals surface area contributed by atoms with Crippen molar-refractivity contribution in [3.63, 3.8) is 0 Å². The molecule has 120 valence electrons. The zero-order valence-electron chi connectivity index (χ0n) is 12.4. The number of halogens is 1. The highest BCUT2D eigenvalue weighted by Gasteiger charge is 2.41. The summed E-state index contributed by atoms with van der Waals surface area (Å²) in [5, 5.41) is 11.9. The number of pyridine rings is 1. The van der Waals surface area contributed by atoms with Gasteiger partial charge < -0.3 is 9.84 Å². The highest BCUT2D eigenvalue weighted by molar-refractivity contribution is 5.85. The maximum atomic E-state index is 5.61. The molecule has 0 bridgehead atoms. The molecule has 4 heterocycles. The van der Waals surface area contributed by atoms with E-state index in [1.807, 2.05) is 29.1 Å². The van der Waals surface area contributed by atoms with E-state index in [1.165, 1.54) is 0 Å². The van der Waals surface area contributed by atoms with Gasteiger partial charge in [0.1, 0.15) is 5.54 Å². The molecule has 0 aromatic carbocycles. The highest BCUT2D eigenvalue weighted by atomic mass is 35.5. The van der Waals surface area contributed by atoms with Crippen molar-refractivity contribution in [1.82, 2.24) is 30.2 Å². The molecular weight excluding hydrogens is 316 g/mol. The fraction of sp³-hybridized carbons (Fsp3) is 0.333. The number of nitrogens with zero attached hydrogens (tertiary/aromatic N) is 5. The van der Waals surface area contributed by atoms with Gasteiger partial charge in [0, 0.05) is 30.4 Å². The lowest BCUT2D eigenvalue weighted by Crippen LogP contribution is -2.45. The average Bonchev–Trinajstić information content (AvgIpc) is 3.29. The van der Waals surface area contributed by atoms with Gasteiger partial charge in [-0.3, -0.25) is 9.67 Å². The Hall–Kier alpha value is -2.25. The van der Waals surface area contributed by atoms with Crippen LogP contribution in [0.25, 0.3) is 11.4 Å². The van der Waals surface area contributed by atoms with Crippen LogP contribution in [0.3, 0.4) is 0 Å². The van der Waals surface area contributed by atoms with Crippen LogP contribution >= 0.6 is 12.4 Å². The Bertz CT molecular complexity index is 736. The third-order valence-electron chi connectivity index (χ3n) is 4.12. The van der Waals surface area contributed by atoms with E-state index < -0.39 is 0 Å². The third-order valence-corrected chi connectivity index (χ3v) is 4.12. The zero-order valence-corrected chi connectivity index (χ0v) is 13.2. The lowest BCUT2D eigenvalue weighted by Gasteiger charge is -2.34. The molecule has 0 unspecified atom stereocenters. The molecule has 4 rings (SSSR count). The molecule has 0 aliphatic carbocycles. The fourth-order valence-corrected chi connectivity index (χ4v) is 2.93. The molecule has 1 aliphatic rings. The molecule has 23 heavy (non-hydrogen) atoms. The van der Waals surface area contributed by atoms with Crippen LogP contribution in [0.15, 0.2) is 47.5 Å². The Morgan fingerprint density at radius 3 is 2.74 bits per heavy atom. The topological polar surface area (TPSA) is 81.7 Å². The molecule has 3 aromatic heterocycles. The van der Waals surface area contributed by atoms with Crippen LogP contribution in [-0.4, -0.2) is 38.0 Å². The Morgan fingerprint density at radius 2 is 2.04 bits per heavy atom. The Kier molecular flexibility index (Phi) is 4.40. The number of nitrogens with one attached hydrogen (secondary N) is 1. The minimum atomic E-state index is -0.373. The van der Waals surface area contributed by atoms with Gasteiger partial charge in [-0.25, -0.2) is 0 Å². The number of rotatable bonds is 3. The van der Waals surface area contributed by atoms with Crippen LogP contribution < -0.4 is 5.32 Å². The van der Waals surface area contributed by atoms with Crippen molar-refractivity contribution >= 4 is 12.4 Å². The molecule has 7 nitrogen and oxygen atoms in total. The number of hydrogen-bond donors (Lipinski definition) is 1. The van der Waals surface area contributed by atoms with Gasteiger partial charge in [-0.05, 0) is 44.1 Å². The smallest absolute Gasteiger partial charge is 0.255 e. The highest BCUT2D eigenvalue weighted by Crippen LogP contribution is 2.34. The summed E-state index contributed by atoms with van der Waals surface area (Å²) in [5.74, 6) is 1.17. The first kappa shape index (κ1) is 15.6. The summed E-state index contributed by atoms with van der Waals surface area (Å²) >= 11 is 0. The average molecular weight is 333 g/mol. The van der Waals surface area contributed by atoms with Crippen molar-refractivity contribution in [2.75, 3.05) is 13.1 Å². The minimum Gasteiger partial charge on any atom is -0.336 e. The van der Waals surface area contributed by atoms with Gasteiger partial charge in [0.15, 0.2) is 0 Å². The molecule has 1 aliphatic heterocycles. The lowest BCUT2D eigenvalue weighted by atomic mass is 9.88. The van der Waals surface area contributed by atoms with Gasteiger partial charge in [-0.2, -0.15) is 10.1 Å². The number of piperidine rings is 1. The zero-order chi connectivity index (χ0) is 14.8. The predicted molar refractivity (Wildman–Crippen MR) is 86.2 cm³/mol. The number of hydrogen-bond acceptors (Lipinski definition) is 6. The SMILES string of the molecule is Cl.c1cncc(-c2noc(C3(n4cccn4)CCNCC3)n2)c1. The van der Waals surface area contributed by atoms with Crippen molar-refractivity contribution in [3.05, 3.63) is 48.9 Å². The van der Waals surface area contributed by atoms with E-state index in [1.54, 1.807) is 18.6 Å². The quantitative estimate of drug-likeness (QED) is 0.788. The second-order valence-electron chi connectivity index (χ2n) is 5.40. The third kappa shape index (κ3) is 2.73. The van der Waals surface area contributed by atoms with Crippen LogP contribution in [0.2, 0.25) is 0 Å². The molecule has 0 saturated carbocycles. The molecule has 1 saturated heterocycles. The summed E-state index contributed by atoms with van der Waals surface area (Å²) in [6.45, 7) is 1.79. The van der Waals surface area contributed by atoms with E-state index in [0.717, 1.165) is 31.5 Å². The van der Waals surface area contributed by atoms with Crippen LogP contribution in [0.5, 0.6) is 0 Å². The van der Waals surface area contributed by atoms with Gasteiger partial charge in [0.05, 0.1) is 0 Å². The van der Waals surface area contributed by atoms with Crippen molar-refractivity contribution in [2.24, 2.45) is 0 Å². The second-order valence-corrected chi connectivity index (χ2v) is 5.40. The van der Waals surface area contributed by atoms with Crippen LogP contribution in [0, 0.1) is 0 Å². The lowest BCUT2D eigenvalue weighted by molar-refractivity contribution is 0.172. The molecule has 0 spiro atoms. The van der Waals surface area contributed by atoms with E-state index >= 15 is 0 Å². The summed E-state index contributed by atoms with van der Waals surface area (Å²) in [5.41, 5.74) is 0.476. The fourth-order valence-electron chi connectivity index (χ4n) is 2.93. The molecule has 0 radical (unpaired) electrons. The van der Waals surface area contributed by atoms with E-state index in [2.05, 4.69) is 25.5 Å². The predicted octanol–water partition coefficient (Wildman–Crippen LogP) is 1.88. The number of aromatic nitrogens is 5. The van der Waals surface area contributed by atoms with Gasteiger partial charge in [-0.1, -0.05) is 5.16 Å². The molecular formula is C15H17ClN6O. The van der Waals surface area contributed by atoms with E-state index in [-0.39, 0.29) is 17.9 Å². The maximum absolute atomic E-state index is 5.61. The molecule has 1 N–H and O–H groups in total. The summed E-state index contributed by atoms with van der Waals surface area (Å²) in [6.07, 6.45) is 8.92. The standard InChI is InChI=1S/C15H16N6O.ClH/c1-3-12(11-17-6-1)13-19-14(22-20-13)15(4-8-16-9-5-15)21-10-2-7-18-21;/h1-3,6-7,10-11,16H,4-5,8-9H2;1H.